The van der Waals surface area contributed by atoms with Gasteiger partial charge in [0, 0.05) is 6.04 Å². The van der Waals surface area contributed by atoms with Gasteiger partial charge in [0.1, 0.15) is 4.32 Å². The molecule has 1 rings (SSSR count). The number of rotatable bonds is 1. The third-order valence-electron chi connectivity index (χ3n) is 1.56. The highest BCUT2D eigenvalue weighted by Crippen LogP contribution is 2.10. The zero-order valence-corrected chi connectivity index (χ0v) is 7.42. The van der Waals surface area contributed by atoms with Gasteiger partial charge in [-0.25, -0.2) is 0 Å². The maximum absolute atomic E-state index is 4.80. The van der Waals surface area contributed by atoms with Crippen molar-refractivity contribution in [1.82, 2.24) is 5.32 Å². The second kappa shape index (κ2) is 3.98. The summed E-state index contributed by atoms with van der Waals surface area (Å²) >= 11 is 8.79. The van der Waals surface area contributed by atoms with E-state index in [-0.39, 0.29) is 0 Å². The molecule has 10 heavy (non-hydrogen) atoms. The number of allylic oxidation sites excluding steroid dienone is 1. The van der Waals surface area contributed by atoms with Crippen LogP contribution in [0.3, 0.4) is 0 Å². The lowest BCUT2D eigenvalue weighted by atomic mass is 10.0. The first-order valence-corrected chi connectivity index (χ1v) is 4.31. The lowest BCUT2D eigenvalue weighted by Gasteiger charge is -2.17. The Balaban J connectivity index is 2.33. The van der Waals surface area contributed by atoms with Gasteiger partial charge in [-0.1, -0.05) is 24.4 Å². The van der Waals surface area contributed by atoms with E-state index >= 15 is 0 Å². The maximum atomic E-state index is 4.80. The maximum Gasteiger partial charge on any atom is 0.131 e. The number of hydrogen-bond acceptors (Lipinski definition) is 1. The molecule has 0 aromatic heterocycles. The van der Waals surface area contributed by atoms with E-state index < -0.39 is 0 Å². The second-order valence-corrected chi connectivity index (χ2v) is 3.57. The van der Waals surface area contributed by atoms with Crippen LogP contribution in [0.25, 0.3) is 0 Å². The Hall–Kier alpha value is -0.0200. The summed E-state index contributed by atoms with van der Waals surface area (Å²) in [6, 6.07) is 0.429. The highest BCUT2D eigenvalue weighted by atomic mass is 32.1. The molecule has 1 aliphatic carbocycles. The number of nitrogens with one attached hydrogen (secondary N) is 1. The molecule has 0 spiro atoms. The van der Waals surface area contributed by atoms with Crippen LogP contribution in [0.15, 0.2) is 12.2 Å². The molecule has 3 heteroatoms. The summed E-state index contributed by atoms with van der Waals surface area (Å²) in [6.45, 7) is 0. The molecule has 1 unspecified atom stereocenters. The molecule has 1 nitrogen and oxygen atoms in total. The van der Waals surface area contributed by atoms with Gasteiger partial charge in [-0.15, -0.1) is 12.6 Å². The summed E-state index contributed by atoms with van der Waals surface area (Å²) in [5.41, 5.74) is 0. The van der Waals surface area contributed by atoms with E-state index in [1.54, 1.807) is 0 Å². The first-order chi connectivity index (χ1) is 4.79. The fraction of sp³-hybridized carbons (Fsp3) is 0.571. The molecule has 0 aromatic rings. The SMILES string of the molecule is S=C(S)NC1C=CCCC1. The molecule has 0 saturated heterocycles. The van der Waals surface area contributed by atoms with Gasteiger partial charge >= 0.3 is 0 Å². The topological polar surface area (TPSA) is 12.0 Å². The average Bonchev–Trinajstić information content (AvgIpc) is 1.88. The average molecular weight is 173 g/mol. The molecular weight excluding hydrogens is 162 g/mol. The van der Waals surface area contributed by atoms with Crippen molar-refractivity contribution in [3.05, 3.63) is 12.2 Å². The van der Waals surface area contributed by atoms with Crippen molar-refractivity contribution in [2.45, 2.75) is 25.3 Å². The Morgan fingerprint density at radius 1 is 1.70 bits per heavy atom. The van der Waals surface area contributed by atoms with E-state index in [4.69, 9.17) is 12.2 Å². The first kappa shape index (κ1) is 8.08. The Kier molecular flexibility index (Phi) is 3.22. The van der Waals surface area contributed by atoms with E-state index in [1.165, 1.54) is 19.3 Å². The minimum Gasteiger partial charge on any atom is -0.365 e. The number of thiol groups is 1. The van der Waals surface area contributed by atoms with Crippen LogP contribution in [-0.2, 0) is 0 Å². The van der Waals surface area contributed by atoms with Crippen LogP contribution < -0.4 is 5.32 Å². The Labute approximate surface area is 72.3 Å². The van der Waals surface area contributed by atoms with Crippen molar-refractivity contribution in [2.75, 3.05) is 0 Å². The Morgan fingerprint density at radius 2 is 2.50 bits per heavy atom. The van der Waals surface area contributed by atoms with E-state index in [2.05, 4.69) is 30.1 Å². The molecular formula is C7H11NS2. The van der Waals surface area contributed by atoms with Gasteiger partial charge in [0.25, 0.3) is 0 Å². The molecule has 1 aliphatic rings. The number of hydrogen-bond donors (Lipinski definition) is 2. The molecule has 1 atom stereocenters. The van der Waals surface area contributed by atoms with Gasteiger partial charge in [0.05, 0.1) is 0 Å². The number of thiocarbonyl (C=S) groups is 1. The highest BCUT2D eigenvalue weighted by molar-refractivity contribution is 8.11. The standard InChI is InChI=1S/C7H11NS2/c9-7(10)8-6-4-2-1-3-5-6/h2,4,6H,1,3,5H2,(H2,8,9,10). The predicted molar refractivity (Wildman–Crippen MR) is 51.5 cm³/mol. The molecule has 0 amide bonds. The molecule has 1 N–H and O–H groups in total. The largest absolute Gasteiger partial charge is 0.365 e. The molecule has 0 bridgehead atoms. The summed E-state index contributed by atoms with van der Waals surface area (Å²) in [5.74, 6) is 0. The van der Waals surface area contributed by atoms with Crippen molar-refractivity contribution < 1.29 is 0 Å². The van der Waals surface area contributed by atoms with Gasteiger partial charge < -0.3 is 5.32 Å². The molecule has 0 saturated carbocycles. The first-order valence-electron chi connectivity index (χ1n) is 3.45. The molecule has 0 fully saturated rings. The van der Waals surface area contributed by atoms with Crippen LogP contribution in [0.4, 0.5) is 0 Å². The van der Waals surface area contributed by atoms with Crippen molar-refractivity contribution in [3.63, 3.8) is 0 Å². The van der Waals surface area contributed by atoms with Gasteiger partial charge in [-0.05, 0) is 19.3 Å². The van der Waals surface area contributed by atoms with Crippen molar-refractivity contribution in [1.29, 1.82) is 0 Å². The quantitative estimate of drug-likeness (QED) is 0.357. The molecule has 0 radical (unpaired) electrons. The summed E-state index contributed by atoms with van der Waals surface area (Å²) in [7, 11) is 0. The molecule has 56 valence electrons. The Bertz CT molecular complexity index is 154. The van der Waals surface area contributed by atoms with Gasteiger partial charge in [-0.2, -0.15) is 0 Å². The normalized spacial score (nSPS) is 24.3. The van der Waals surface area contributed by atoms with Gasteiger partial charge in [-0.3, -0.25) is 0 Å². The summed E-state index contributed by atoms with van der Waals surface area (Å²) in [4.78, 5) is 0. The van der Waals surface area contributed by atoms with E-state index in [0.717, 1.165) is 0 Å². The fourth-order valence-electron chi connectivity index (χ4n) is 1.09. The van der Waals surface area contributed by atoms with Crippen LogP contribution in [0.5, 0.6) is 0 Å². The van der Waals surface area contributed by atoms with Crippen LogP contribution in [-0.4, -0.2) is 10.4 Å². The van der Waals surface area contributed by atoms with Crippen LogP contribution >= 0.6 is 24.8 Å². The summed E-state index contributed by atoms with van der Waals surface area (Å²) in [5, 5.41) is 3.09. The summed E-state index contributed by atoms with van der Waals surface area (Å²) < 4.78 is 0.594. The third-order valence-corrected chi connectivity index (χ3v) is 1.81. The lowest BCUT2D eigenvalue weighted by molar-refractivity contribution is 0.606. The van der Waals surface area contributed by atoms with E-state index in [0.29, 0.717) is 10.4 Å². The molecule has 0 aromatic carbocycles. The van der Waals surface area contributed by atoms with E-state index in [9.17, 15) is 0 Å². The van der Waals surface area contributed by atoms with Gasteiger partial charge in [0.15, 0.2) is 0 Å². The highest BCUT2D eigenvalue weighted by Gasteiger charge is 2.06. The zero-order valence-electron chi connectivity index (χ0n) is 5.71. The zero-order chi connectivity index (χ0) is 7.40. The van der Waals surface area contributed by atoms with Crippen LogP contribution in [0, 0.1) is 0 Å². The van der Waals surface area contributed by atoms with Crippen molar-refractivity contribution in [2.24, 2.45) is 0 Å². The minimum absolute atomic E-state index is 0.429. The molecule has 0 aliphatic heterocycles. The second-order valence-electron chi connectivity index (χ2n) is 2.42. The van der Waals surface area contributed by atoms with Crippen molar-refractivity contribution >= 4 is 29.2 Å². The fourth-order valence-corrected chi connectivity index (χ4v) is 1.41. The van der Waals surface area contributed by atoms with Crippen LogP contribution in [0.2, 0.25) is 0 Å². The van der Waals surface area contributed by atoms with Crippen LogP contribution in [0.1, 0.15) is 19.3 Å². The van der Waals surface area contributed by atoms with Gasteiger partial charge in [0.2, 0.25) is 0 Å². The monoisotopic (exact) mass is 173 g/mol. The Morgan fingerprint density at radius 3 is 3.00 bits per heavy atom. The smallest absolute Gasteiger partial charge is 0.131 e. The molecule has 0 heterocycles. The lowest BCUT2D eigenvalue weighted by Crippen LogP contribution is -2.30. The van der Waals surface area contributed by atoms with Crippen molar-refractivity contribution in [3.8, 4) is 0 Å². The van der Waals surface area contributed by atoms with E-state index in [1.807, 2.05) is 0 Å². The predicted octanol–water partition coefficient (Wildman–Crippen LogP) is 1.90. The summed E-state index contributed by atoms with van der Waals surface area (Å²) in [6.07, 6.45) is 7.98. The third kappa shape index (κ3) is 2.71. The minimum atomic E-state index is 0.429.